The van der Waals surface area contributed by atoms with Crippen LogP contribution in [0.2, 0.25) is 0 Å². The van der Waals surface area contributed by atoms with Crippen LogP contribution in [0.4, 0.5) is 0 Å². The molecule has 0 saturated heterocycles. The van der Waals surface area contributed by atoms with Gasteiger partial charge in [0.1, 0.15) is 23.0 Å². The molecule has 2 aliphatic heterocycles. The van der Waals surface area contributed by atoms with E-state index in [2.05, 4.69) is 24.3 Å². The molecule has 2 heterocycles. The SMILES string of the molecule is C1=c2c(ccc3c2=Cc2ccccc2O3)Oc2ccccc21. The van der Waals surface area contributed by atoms with Crippen molar-refractivity contribution < 1.29 is 9.47 Å². The summed E-state index contributed by atoms with van der Waals surface area (Å²) in [6.45, 7) is 0. The zero-order chi connectivity index (χ0) is 14.5. The van der Waals surface area contributed by atoms with Crippen LogP contribution in [0.15, 0.2) is 60.7 Å². The molecule has 2 heteroatoms. The quantitative estimate of drug-likeness (QED) is 0.433. The second kappa shape index (κ2) is 4.25. The zero-order valence-electron chi connectivity index (χ0n) is 11.7. The highest BCUT2D eigenvalue weighted by Crippen LogP contribution is 2.31. The molecule has 0 aliphatic carbocycles. The Balaban J connectivity index is 1.86. The maximum absolute atomic E-state index is 6.02. The van der Waals surface area contributed by atoms with Crippen LogP contribution in [0.3, 0.4) is 0 Å². The molecule has 0 amide bonds. The van der Waals surface area contributed by atoms with E-state index in [4.69, 9.17) is 9.47 Å². The largest absolute Gasteiger partial charge is 0.456 e. The van der Waals surface area contributed by atoms with Gasteiger partial charge in [0.2, 0.25) is 0 Å². The Bertz CT molecular complexity index is 947. The minimum absolute atomic E-state index is 0.872. The van der Waals surface area contributed by atoms with E-state index in [-0.39, 0.29) is 0 Å². The van der Waals surface area contributed by atoms with Crippen molar-refractivity contribution in [3.8, 4) is 23.0 Å². The zero-order valence-corrected chi connectivity index (χ0v) is 11.7. The third-order valence-corrected chi connectivity index (χ3v) is 4.08. The van der Waals surface area contributed by atoms with E-state index in [9.17, 15) is 0 Å². The summed E-state index contributed by atoms with van der Waals surface area (Å²) < 4.78 is 12.0. The first kappa shape index (κ1) is 11.6. The third-order valence-electron chi connectivity index (χ3n) is 4.08. The molecule has 0 spiro atoms. The number of rotatable bonds is 0. The van der Waals surface area contributed by atoms with Gasteiger partial charge in [-0.1, -0.05) is 36.4 Å². The first-order valence-electron chi connectivity index (χ1n) is 7.29. The summed E-state index contributed by atoms with van der Waals surface area (Å²) in [6.07, 6.45) is 4.33. The van der Waals surface area contributed by atoms with Gasteiger partial charge in [-0.05, 0) is 36.4 Å². The van der Waals surface area contributed by atoms with Gasteiger partial charge in [0.15, 0.2) is 0 Å². The highest BCUT2D eigenvalue weighted by Gasteiger charge is 2.16. The average molecular weight is 284 g/mol. The first-order valence-corrected chi connectivity index (χ1v) is 7.29. The maximum Gasteiger partial charge on any atom is 0.135 e. The van der Waals surface area contributed by atoms with Crippen LogP contribution in [0, 0.1) is 0 Å². The molecule has 3 aromatic carbocycles. The Hall–Kier alpha value is -3.00. The molecule has 0 N–H and O–H groups in total. The van der Waals surface area contributed by atoms with Gasteiger partial charge >= 0.3 is 0 Å². The van der Waals surface area contributed by atoms with Crippen molar-refractivity contribution in [3.05, 3.63) is 82.2 Å². The van der Waals surface area contributed by atoms with E-state index in [1.165, 1.54) is 0 Å². The van der Waals surface area contributed by atoms with Crippen LogP contribution in [0.1, 0.15) is 11.1 Å². The fourth-order valence-corrected chi connectivity index (χ4v) is 3.01. The predicted octanol–water partition coefficient (Wildman–Crippen LogP) is 3.56. The fourth-order valence-electron chi connectivity index (χ4n) is 3.01. The minimum atomic E-state index is 0.872. The smallest absolute Gasteiger partial charge is 0.135 e. The molecule has 2 nitrogen and oxygen atoms in total. The lowest BCUT2D eigenvalue weighted by Crippen LogP contribution is -2.31. The van der Waals surface area contributed by atoms with E-state index in [0.717, 1.165) is 44.6 Å². The third kappa shape index (κ3) is 1.61. The second-order valence-electron chi connectivity index (χ2n) is 5.46. The van der Waals surface area contributed by atoms with Crippen molar-refractivity contribution in [3.63, 3.8) is 0 Å². The van der Waals surface area contributed by atoms with Crippen molar-refractivity contribution in [2.24, 2.45) is 0 Å². The van der Waals surface area contributed by atoms with E-state index >= 15 is 0 Å². The number of para-hydroxylation sites is 2. The summed E-state index contributed by atoms with van der Waals surface area (Å²) in [6, 6.07) is 20.1. The van der Waals surface area contributed by atoms with Crippen molar-refractivity contribution in [2.45, 2.75) is 0 Å². The molecule has 104 valence electrons. The van der Waals surface area contributed by atoms with Gasteiger partial charge in [0.05, 0.1) is 0 Å². The standard InChI is InChI=1S/C20H12O2/c1-3-7-17-13(5-1)11-15-16-12-14-6-2-4-8-18(14)22-20(16)10-9-19(15)21-17/h1-12H. The first-order chi connectivity index (χ1) is 10.9. The maximum atomic E-state index is 6.02. The Kier molecular flexibility index (Phi) is 2.25. The molecule has 3 aromatic rings. The van der Waals surface area contributed by atoms with Gasteiger partial charge in [-0.25, -0.2) is 0 Å². The number of benzene rings is 3. The second-order valence-corrected chi connectivity index (χ2v) is 5.46. The molecule has 2 aliphatic rings. The van der Waals surface area contributed by atoms with E-state index in [1.54, 1.807) is 0 Å². The highest BCUT2D eigenvalue weighted by atomic mass is 16.5. The van der Waals surface area contributed by atoms with Crippen LogP contribution in [0.25, 0.3) is 12.2 Å². The summed E-state index contributed by atoms with van der Waals surface area (Å²) in [5.41, 5.74) is 2.19. The van der Waals surface area contributed by atoms with Crippen LogP contribution in [0.5, 0.6) is 23.0 Å². The number of hydrogen-bond acceptors (Lipinski definition) is 2. The van der Waals surface area contributed by atoms with Gasteiger partial charge in [0, 0.05) is 21.6 Å². The Morgan fingerprint density at radius 2 is 0.909 bits per heavy atom. The van der Waals surface area contributed by atoms with Gasteiger partial charge in [-0.2, -0.15) is 0 Å². The number of ether oxygens (including phenoxy) is 2. The molecule has 0 aromatic heterocycles. The van der Waals surface area contributed by atoms with Crippen molar-refractivity contribution >= 4 is 12.2 Å². The molecule has 22 heavy (non-hydrogen) atoms. The summed E-state index contributed by atoms with van der Waals surface area (Å²) in [5.74, 6) is 3.53. The number of hydrogen-bond donors (Lipinski definition) is 0. The summed E-state index contributed by atoms with van der Waals surface area (Å²) in [7, 11) is 0. The molecule has 0 atom stereocenters. The van der Waals surface area contributed by atoms with Crippen LogP contribution in [-0.4, -0.2) is 0 Å². The normalized spacial score (nSPS) is 13.1. The monoisotopic (exact) mass is 284 g/mol. The van der Waals surface area contributed by atoms with Gasteiger partial charge in [0.25, 0.3) is 0 Å². The van der Waals surface area contributed by atoms with Gasteiger partial charge in [-0.15, -0.1) is 0 Å². The topological polar surface area (TPSA) is 18.5 Å². The van der Waals surface area contributed by atoms with Gasteiger partial charge < -0.3 is 9.47 Å². The van der Waals surface area contributed by atoms with E-state index in [1.807, 2.05) is 48.5 Å². The Labute approximate surface area is 127 Å². The Morgan fingerprint density at radius 1 is 0.455 bits per heavy atom. The molecule has 0 unspecified atom stereocenters. The lowest BCUT2D eigenvalue weighted by atomic mass is 10.0. The fraction of sp³-hybridized carbons (Fsp3) is 0. The number of fused-ring (bicyclic) bond motifs is 5. The molecular weight excluding hydrogens is 272 g/mol. The predicted molar refractivity (Wildman–Crippen MR) is 85.9 cm³/mol. The van der Waals surface area contributed by atoms with Crippen LogP contribution >= 0.6 is 0 Å². The summed E-state index contributed by atoms with van der Waals surface area (Å²) in [5, 5.41) is 2.15. The molecule has 0 radical (unpaired) electrons. The van der Waals surface area contributed by atoms with Crippen LogP contribution < -0.4 is 19.9 Å². The van der Waals surface area contributed by atoms with Crippen molar-refractivity contribution in [2.75, 3.05) is 0 Å². The van der Waals surface area contributed by atoms with E-state index in [0.29, 0.717) is 0 Å². The lowest BCUT2D eigenvalue weighted by molar-refractivity contribution is 0.456. The lowest BCUT2D eigenvalue weighted by Gasteiger charge is -2.19. The van der Waals surface area contributed by atoms with Crippen molar-refractivity contribution in [1.82, 2.24) is 0 Å². The molecule has 5 rings (SSSR count). The highest BCUT2D eigenvalue weighted by molar-refractivity contribution is 5.68. The van der Waals surface area contributed by atoms with Crippen molar-refractivity contribution in [1.29, 1.82) is 0 Å². The molecule has 0 saturated carbocycles. The molecule has 0 fully saturated rings. The molecule has 0 bridgehead atoms. The van der Waals surface area contributed by atoms with Gasteiger partial charge in [-0.3, -0.25) is 0 Å². The minimum Gasteiger partial charge on any atom is -0.456 e. The Morgan fingerprint density at radius 3 is 1.41 bits per heavy atom. The van der Waals surface area contributed by atoms with Crippen LogP contribution in [-0.2, 0) is 0 Å². The van der Waals surface area contributed by atoms with E-state index < -0.39 is 0 Å². The summed E-state index contributed by atoms with van der Waals surface area (Å²) >= 11 is 0. The molecular formula is C20H12O2. The summed E-state index contributed by atoms with van der Waals surface area (Å²) in [4.78, 5) is 0. The average Bonchev–Trinajstić information content (AvgIpc) is 2.58.